The smallest absolute Gasteiger partial charge is 0.0263 e. The summed E-state index contributed by atoms with van der Waals surface area (Å²) in [5, 5.41) is 4.41. The van der Waals surface area contributed by atoms with Crippen molar-refractivity contribution in [3.05, 3.63) is 29.8 Å². The van der Waals surface area contributed by atoms with Crippen LogP contribution in [0.1, 0.15) is 31.2 Å². The second-order valence-electron chi connectivity index (χ2n) is 7.17. The summed E-state index contributed by atoms with van der Waals surface area (Å²) in [5.41, 5.74) is 2.16. The molecule has 4 rings (SSSR count). The molecule has 2 fully saturated rings. The van der Waals surface area contributed by atoms with E-state index in [2.05, 4.69) is 46.2 Å². The van der Waals surface area contributed by atoms with E-state index in [0.29, 0.717) is 5.41 Å². The normalized spacial score (nSPS) is 33.2. The SMILES string of the molecule is c1ccc2c(c1)CC(CN1CCCC3(CCCNC3)C1)S2. The van der Waals surface area contributed by atoms with Gasteiger partial charge in [-0.25, -0.2) is 0 Å². The van der Waals surface area contributed by atoms with Gasteiger partial charge < -0.3 is 10.2 Å². The van der Waals surface area contributed by atoms with Gasteiger partial charge in [0.1, 0.15) is 0 Å². The fourth-order valence-electron chi connectivity index (χ4n) is 4.49. The second kappa shape index (κ2) is 5.94. The molecule has 0 aromatic heterocycles. The molecule has 3 aliphatic rings. The number of nitrogens with zero attached hydrogens (tertiary/aromatic N) is 1. The average Bonchev–Trinajstić information content (AvgIpc) is 2.90. The molecule has 1 N–H and O–H groups in total. The van der Waals surface area contributed by atoms with Crippen molar-refractivity contribution in [3.8, 4) is 0 Å². The topological polar surface area (TPSA) is 15.3 Å². The Morgan fingerprint density at radius 3 is 3.00 bits per heavy atom. The highest BCUT2D eigenvalue weighted by Gasteiger charge is 2.37. The van der Waals surface area contributed by atoms with E-state index in [4.69, 9.17) is 0 Å². The van der Waals surface area contributed by atoms with Crippen LogP contribution in [0, 0.1) is 5.41 Å². The number of thioether (sulfide) groups is 1. The highest BCUT2D eigenvalue weighted by Crippen LogP contribution is 2.40. The Kier molecular flexibility index (Phi) is 3.99. The largest absolute Gasteiger partial charge is 0.316 e. The van der Waals surface area contributed by atoms with Gasteiger partial charge in [-0.15, -0.1) is 11.8 Å². The molecule has 2 nitrogen and oxygen atoms in total. The predicted octanol–water partition coefficient (Wildman–Crippen LogP) is 3.17. The zero-order chi connectivity index (χ0) is 14.1. The maximum absolute atomic E-state index is 3.64. The first-order valence-electron chi connectivity index (χ1n) is 8.51. The Hall–Kier alpha value is -0.510. The highest BCUT2D eigenvalue weighted by atomic mass is 32.2. The van der Waals surface area contributed by atoms with E-state index in [0.717, 1.165) is 5.25 Å². The van der Waals surface area contributed by atoms with Crippen molar-refractivity contribution in [2.45, 2.75) is 42.2 Å². The number of benzene rings is 1. The molecule has 2 unspecified atom stereocenters. The minimum Gasteiger partial charge on any atom is -0.316 e. The van der Waals surface area contributed by atoms with Crippen LogP contribution in [0.5, 0.6) is 0 Å². The molecule has 2 atom stereocenters. The van der Waals surface area contributed by atoms with Gasteiger partial charge in [0, 0.05) is 29.8 Å². The molecule has 0 amide bonds. The Bertz CT molecular complexity index is 465. The molecule has 0 saturated carbocycles. The third-order valence-electron chi connectivity index (χ3n) is 5.48. The first-order valence-corrected chi connectivity index (χ1v) is 9.39. The third kappa shape index (κ3) is 3.01. The lowest BCUT2D eigenvalue weighted by Crippen LogP contribution is -2.52. The van der Waals surface area contributed by atoms with Gasteiger partial charge in [-0.3, -0.25) is 0 Å². The monoisotopic (exact) mass is 302 g/mol. The molecule has 1 aromatic rings. The lowest BCUT2D eigenvalue weighted by Gasteiger charge is -2.46. The molecule has 0 bridgehead atoms. The molecule has 1 aromatic carbocycles. The quantitative estimate of drug-likeness (QED) is 0.903. The van der Waals surface area contributed by atoms with Crippen molar-refractivity contribution in [1.29, 1.82) is 0 Å². The Morgan fingerprint density at radius 1 is 1.24 bits per heavy atom. The molecule has 1 spiro atoms. The van der Waals surface area contributed by atoms with Crippen LogP contribution in [-0.2, 0) is 6.42 Å². The van der Waals surface area contributed by atoms with E-state index >= 15 is 0 Å². The van der Waals surface area contributed by atoms with E-state index in [9.17, 15) is 0 Å². The maximum Gasteiger partial charge on any atom is 0.0263 e. The van der Waals surface area contributed by atoms with Crippen molar-refractivity contribution in [1.82, 2.24) is 10.2 Å². The van der Waals surface area contributed by atoms with Gasteiger partial charge in [0.2, 0.25) is 0 Å². The average molecular weight is 302 g/mol. The Labute approximate surface area is 132 Å². The van der Waals surface area contributed by atoms with Crippen molar-refractivity contribution >= 4 is 11.8 Å². The number of hydrogen-bond donors (Lipinski definition) is 1. The molecule has 3 aliphatic heterocycles. The number of nitrogens with one attached hydrogen (secondary N) is 1. The summed E-state index contributed by atoms with van der Waals surface area (Å²) in [5.74, 6) is 0. The molecule has 0 radical (unpaired) electrons. The summed E-state index contributed by atoms with van der Waals surface area (Å²) in [7, 11) is 0. The number of piperidine rings is 2. The first-order chi connectivity index (χ1) is 10.3. The molecule has 2 saturated heterocycles. The van der Waals surface area contributed by atoms with Crippen LogP contribution in [0.25, 0.3) is 0 Å². The van der Waals surface area contributed by atoms with Crippen LogP contribution < -0.4 is 5.32 Å². The van der Waals surface area contributed by atoms with Crippen LogP contribution in [-0.4, -0.2) is 42.9 Å². The van der Waals surface area contributed by atoms with Gasteiger partial charge in [0.25, 0.3) is 0 Å². The molecular weight excluding hydrogens is 276 g/mol. The van der Waals surface area contributed by atoms with Crippen LogP contribution in [0.2, 0.25) is 0 Å². The summed E-state index contributed by atoms with van der Waals surface area (Å²) >= 11 is 2.11. The maximum atomic E-state index is 3.64. The van der Waals surface area contributed by atoms with Gasteiger partial charge in [-0.2, -0.15) is 0 Å². The first kappa shape index (κ1) is 14.1. The summed E-state index contributed by atoms with van der Waals surface area (Å²) in [6.07, 6.45) is 6.91. The molecule has 21 heavy (non-hydrogen) atoms. The zero-order valence-corrected chi connectivity index (χ0v) is 13.6. The van der Waals surface area contributed by atoms with Crippen LogP contribution in [0.3, 0.4) is 0 Å². The van der Waals surface area contributed by atoms with Crippen LogP contribution in [0.4, 0.5) is 0 Å². The molecule has 0 aliphatic carbocycles. The summed E-state index contributed by atoms with van der Waals surface area (Å²) < 4.78 is 0. The summed E-state index contributed by atoms with van der Waals surface area (Å²) in [6, 6.07) is 8.97. The third-order valence-corrected chi connectivity index (χ3v) is 6.78. The summed E-state index contributed by atoms with van der Waals surface area (Å²) in [6.45, 7) is 6.40. The molecular formula is C18H26N2S. The lowest BCUT2D eigenvalue weighted by atomic mass is 9.74. The Morgan fingerprint density at radius 2 is 2.14 bits per heavy atom. The van der Waals surface area contributed by atoms with Crippen molar-refractivity contribution in [2.24, 2.45) is 5.41 Å². The van der Waals surface area contributed by atoms with Crippen molar-refractivity contribution in [3.63, 3.8) is 0 Å². The fraction of sp³-hybridized carbons (Fsp3) is 0.667. The minimum absolute atomic E-state index is 0.590. The fourth-order valence-corrected chi connectivity index (χ4v) is 5.86. The van der Waals surface area contributed by atoms with Gasteiger partial charge >= 0.3 is 0 Å². The lowest BCUT2D eigenvalue weighted by molar-refractivity contribution is 0.0651. The van der Waals surface area contributed by atoms with E-state index < -0.39 is 0 Å². The predicted molar refractivity (Wildman–Crippen MR) is 90.0 cm³/mol. The van der Waals surface area contributed by atoms with E-state index in [1.54, 1.807) is 5.56 Å². The van der Waals surface area contributed by atoms with E-state index in [1.807, 2.05) is 0 Å². The van der Waals surface area contributed by atoms with Gasteiger partial charge in [0.15, 0.2) is 0 Å². The number of hydrogen-bond acceptors (Lipinski definition) is 3. The van der Waals surface area contributed by atoms with Gasteiger partial charge in [-0.05, 0) is 62.2 Å². The van der Waals surface area contributed by atoms with Crippen molar-refractivity contribution < 1.29 is 0 Å². The molecule has 114 valence electrons. The zero-order valence-electron chi connectivity index (χ0n) is 12.8. The highest BCUT2D eigenvalue weighted by molar-refractivity contribution is 8.00. The minimum atomic E-state index is 0.590. The second-order valence-corrected chi connectivity index (χ2v) is 8.51. The van der Waals surface area contributed by atoms with Crippen LogP contribution in [0.15, 0.2) is 29.2 Å². The number of fused-ring (bicyclic) bond motifs is 1. The van der Waals surface area contributed by atoms with E-state index in [-0.39, 0.29) is 0 Å². The molecule has 3 heteroatoms. The van der Waals surface area contributed by atoms with Crippen molar-refractivity contribution in [2.75, 3.05) is 32.7 Å². The van der Waals surface area contributed by atoms with E-state index in [1.165, 1.54) is 69.7 Å². The number of likely N-dealkylation sites (tertiary alicyclic amines) is 1. The standard InChI is InChI=1S/C18H26N2S/c1-2-6-17-15(5-1)11-16(21-17)12-20-10-4-8-18(14-20)7-3-9-19-13-18/h1-2,5-6,16,19H,3-4,7-14H2. The van der Waals surface area contributed by atoms with Gasteiger partial charge in [-0.1, -0.05) is 18.2 Å². The van der Waals surface area contributed by atoms with Crippen LogP contribution >= 0.6 is 11.8 Å². The number of rotatable bonds is 2. The summed E-state index contributed by atoms with van der Waals surface area (Å²) in [4.78, 5) is 4.29. The molecule has 3 heterocycles. The Balaban J connectivity index is 1.37. The van der Waals surface area contributed by atoms with Gasteiger partial charge in [0.05, 0.1) is 0 Å².